The molecule has 0 aromatic carbocycles. The number of nitrogens with one attached hydrogen (secondary N) is 1. The van der Waals surface area contributed by atoms with Crippen molar-refractivity contribution in [2.24, 2.45) is 5.92 Å². The summed E-state index contributed by atoms with van der Waals surface area (Å²) in [5, 5.41) is 11.4. The number of carbonyl (C=O) groups is 2. The van der Waals surface area contributed by atoms with Crippen molar-refractivity contribution in [3.05, 3.63) is 0 Å². The highest BCUT2D eigenvalue weighted by Gasteiger charge is 2.20. The van der Waals surface area contributed by atoms with Crippen LogP contribution in [-0.4, -0.2) is 54.9 Å². The summed E-state index contributed by atoms with van der Waals surface area (Å²) in [5.41, 5.74) is 0. The minimum atomic E-state index is -0.989. The van der Waals surface area contributed by atoms with Crippen molar-refractivity contribution >= 4 is 12.0 Å². The first kappa shape index (κ1) is 15.8. The van der Waals surface area contributed by atoms with Gasteiger partial charge in [-0.3, -0.25) is 4.79 Å². The molecule has 0 bridgehead atoms. The SMILES string of the molecule is CCCN(CC(=O)O)C(=O)NCCCOCC1CC1. The van der Waals surface area contributed by atoms with Gasteiger partial charge in [0.25, 0.3) is 0 Å². The third-order valence-electron chi connectivity index (χ3n) is 2.90. The number of carboxylic acids is 1. The first-order valence-corrected chi connectivity index (χ1v) is 6.95. The molecule has 1 aliphatic carbocycles. The maximum absolute atomic E-state index is 11.7. The monoisotopic (exact) mass is 272 g/mol. The fraction of sp³-hybridized carbons (Fsp3) is 0.846. The number of aliphatic carboxylic acids is 1. The van der Waals surface area contributed by atoms with Crippen molar-refractivity contribution in [2.45, 2.75) is 32.6 Å². The van der Waals surface area contributed by atoms with Crippen LogP contribution in [0.15, 0.2) is 0 Å². The number of rotatable bonds is 10. The minimum absolute atomic E-state index is 0.252. The van der Waals surface area contributed by atoms with Gasteiger partial charge in [-0.15, -0.1) is 0 Å². The van der Waals surface area contributed by atoms with Gasteiger partial charge in [-0.05, 0) is 31.6 Å². The van der Waals surface area contributed by atoms with Gasteiger partial charge < -0.3 is 20.1 Å². The normalized spacial score (nSPS) is 14.2. The molecule has 0 aromatic heterocycles. The molecule has 0 aromatic rings. The van der Waals surface area contributed by atoms with E-state index in [0.29, 0.717) is 19.7 Å². The molecule has 1 aliphatic rings. The van der Waals surface area contributed by atoms with Crippen LogP contribution in [0.25, 0.3) is 0 Å². The zero-order chi connectivity index (χ0) is 14.1. The number of amides is 2. The summed E-state index contributed by atoms with van der Waals surface area (Å²) in [6, 6.07) is -0.313. The van der Waals surface area contributed by atoms with Crippen LogP contribution in [0.3, 0.4) is 0 Å². The lowest BCUT2D eigenvalue weighted by Gasteiger charge is -2.20. The van der Waals surface area contributed by atoms with Crippen LogP contribution in [0.1, 0.15) is 32.6 Å². The van der Waals surface area contributed by atoms with Crippen LogP contribution >= 0.6 is 0 Å². The zero-order valence-corrected chi connectivity index (χ0v) is 11.6. The highest BCUT2D eigenvalue weighted by molar-refractivity contribution is 5.80. The highest BCUT2D eigenvalue weighted by atomic mass is 16.5. The maximum atomic E-state index is 11.7. The third-order valence-corrected chi connectivity index (χ3v) is 2.90. The van der Waals surface area contributed by atoms with Gasteiger partial charge in [-0.25, -0.2) is 4.79 Å². The molecule has 6 heteroatoms. The summed E-state index contributed by atoms with van der Waals surface area (Å²) in [7, 11) is 0. The lowest BCUT2D eigenvalue weighted by atomic mass is 10.4. The van der Waals surface area contributed by atoms with Gasteiger partial charge in [0.2, 0.25) is 0 Å². The molecule has 0 saturated heterocycles. The lowest BCUT2D eigenvalue weighted by Crippen LogP contribution is -2.43. The Labute approximate surface area is 114 Å². The van der Waals surface area contributed by atoms with E-state index in [1.807, 2.05) is 6.92 Å². The largest absolute Gasteiger partial charge is 0.480 e. The van der Waals surface area contributed by atoms with Crippen molar-refractivity contribution < 1.29 is 19.4 Å². The summed E-state index contributed by atoms with van der Waals surface area (Å²) in [6.45, 7) is 4.10. The van der Waals surface area contributed by atoms with Gasteiger partial charge in [0, 0.05) is 26.3 Å². The predicted octanol–water partition coefficient (Wildman–Crippen LogP) is 1.31. The van der Waals surface area contributed by atoms with E-state index in [-0.39, 0.29) is 12.6 Å². The molecule has 2 N–H and O–H groups in total. The molecule has 0 radical (unpaired) electrons. The van der Waals surface area contributed by atoms with Gasteiger partial charge in [-0.2, -0.15) is 0 Å². The Hall–Kier alpha value is -1.30. The van der Waals surface area contributed by atoms with E-state index in [4.69, 9.17) is 9.84 Å². The molecule has 0 spiro atoms. The number of carbonyl (C=O) groups excluding carboxylic acids is 1. The summed E-state index contributed by atoms with van der Waals surface area (Å²) in [6.07, 6.45) is 4.05. The van der Waals surface area contributed by atoms with E-state index in [1.54, 1.807) is 0 Å². The van der Waals surface area contributed by atoms with Gasteiger partial charge in [0.05, 0.1) is 0 Å². The van der Waals surface area contributed by atoms with Crippen LogP contribution in [-0.2, 0) is 9.53 Å². The molecule has 1 saturated carbocycles. The smallest absolute Gasteiger partial charge is 0.323 e. The second-order valence-corrected chi connectivity index (χ2v) is 4.92. The van der Waals surface area contributed by atoms with E-state index >= 15 is 0 Å². The molecular formula is C13H24N2O4. The van der Waals surface area contributed by atoms with Gasteiger partial charge >= 0.3 is 12.0 Å². The van der Waals surface area contributed by atoms with Crippen LogP contribution in [0.2, 0.25) is 0 Å². The molecule has 1 rings (SSSR count). The Kier molecular flexibility index (Phi) is 7.25. The first-order valence-electron chi connectivity index (χ1n) is 6.95. The van der Waals surface area contributed by atoms with E-state index < -0.39 is 5.97 Å². The maximum Gasteiger partial charge on any atom is 0.323 e. The Morgan fingerprint density at radius 3 is 2.74 bits per heavy atom. The molecular weight excluding hydrogens is 248 g/mol. The van der Waals surface area contributed by atoms with E-state index in [2.05, 4.69) is 5.32 Å². The standard InChI is InChI=1S/C13H24N2O4/c1-2-7-15(9-12(16)17)13(18)14-6-3-8-19-10-11-4-5-11/h11H,2-10H2,1H3,(H,14,18)(H,16,17). The van der Waals surface area contributed by atoms with E-state index in [1.165, 1.54) is 17.7 Å². The molecule has 2 amide bonds. The number of nitrogens with zero attached hydrogens (tertiary/aromatic N) is 1. The Balaban J connectivity index is 2.06. The summed E-state index contributed by atoms with van der Waals surface area (Å²) in [5.74, 6) is -0.235. The molecule has 110 valence electrons. The topological polar surface area (TPSA) is 78.9 Å². The minimum Gasteiger partial charge on any atom is -0.480 e. The van der Waals surface area contributed by atoms with Crippen molar-refractivity contribution in [3.8, 4) is 0 Å². The fourth-order valence-corrected chi connectivity index (χ4v) is 1.70. The Morgan fingerprint density at radius 1 is 1.42 bits per heavy atom. The summed E-state index contributed by atoms with van der Waals surface area (Å²) < 4.78 is 5.45. The average Bonchev–Trinajstić information content (AvgIpc) is 3.16. The van der Waals surface area contributed by atoms with Crippen molar-refractivity contribution in [1.29, 1.82) is 0 Å². The number of hydrogen-bond donors (Lipinski definition) is 2. The van der Waals surface area contributed by atoms with Gasteiger partial charge in [-0.1, -0.05) is 6.92 Å². The molecule has 0 aliphatic heterocycles. The molecule has 0 heterocycles. The third kappa shape index (κ3) is 7.66. The fourth-order valence-electron chi connectivity index (χ4n) is 1.70. The quantitative estimate of drug-likeness (QED) is 0.588. The second-order valence-electron chi connectivity index (χ2n) is 4.92. The molecule has 1 fully saturated rings. The van der Waals surface area contributed by atoms with Gasteiger partial charge in [0.15, 0.2) is 0 Å². The summed E-state index contributed by atoms with van der Waals surface area (Å²) >= 11 is 0. The zero-order valence-electron chi connectivity index (χ0n) is 11.6. The van der Waals surface area contributed by atoms with Crippen LogP contribution in [0, 0.1) is 5.92 Å². The van der Waals surface area contributed by atoms with Crippen LogP contribution < -0.4 is 5.32 Å². The number of carboxylic acid groups (broad SMARTS) is 1. The lowest BCUT2D eigenvalue weighted by molar-refractivity contribution is -0.137. The van der Waals surface area contributed by atoms with Crippen molar-refractivity contribution in [3.63, 3.8) is 0 Å². The Morgan fingerprint density at radius 2 is 2.16 bits per heavy atom. The van der Waals surface area contributed by atoms with Crippen molar-refractivity contribution in [1.82, 2.24) is 10.2 Å². The average molecular weight is 272 g/mol. The van der Waals surface area contributed by atoms with Gasteiger partial charge in [0.1, 0.15) is 6.54 Å². The Bertz CT molecular complexity index is 292. The molecule has 0 unspecified atom stereocenters. The first-order chi connectivity index (χ1) is 9.13. The van der Waals surface area contributed by atoms with E-state index in [0.717, 1.165) is 25.4 Å². The second kappa shape index (κ2) is 8.74. The number of hydrogen-bond acceptors (Lipinski definition) is 3. The van der Waals surface area contributed by atoms with Crippen LogP contribution in [0.5, 0.6) is 0 Å². The summed E-state index contributed by atoms with van der Waals surface area (Å²) in [4.78, 5) is 23.7. The van der Waals surface area contributed by atoms with E-state index in [9.17, 15) is 9.59 Å². The van der Waals surface area contributed by atoms with Crippen molar-refractivity contribution in [2.75, 3.05) is 32.8 Å². The molecule has 6 nitrogen and oxygen atoms in total. The number of ether oxygens (including phenoxy) is 1. The molecule has 19 heavy (non-hydrogen) atoms. The number of urea groups is 1. The highest BCUT2D eigenvalue weighted by Crippen LogP contribution is 2.28. The molecule has 0 atom stereocenters. The van der Waals surface area contributed by atoms with Crippen LogP contribution in [0.4, 0.5) is 4.79 Å². The predicted molar refractivity (Wildman–Crippen MR) is 71.1 cm³/mol.